The minimum atomic E-state index is -0.303. The Hall–Kier alpha value is -0.900. The summed E-state index contributed by atoms with van der Waals surface area (Å²) in [5, 5.41) is 9.10. The summed E-state index contributed by atoms with van der Waals surface area (Å²) < 4.78 is 0. The first-order valence-corrected chi connectivity index (χ1v) is 1.81. The third-order valence-electron chi connectivity index (χ3n) is 0.632. The van der Waals surface area contributed by atoms with Crippen molar-refractivity contribution in [2.75, 3.05) is 6.54 Å². The number of aliphatic imine (C=N–C) groups is 1. The Bertz CT molecular complexity index is 120. The molecular formula is C3H4N2O2. The van der Waals surface area contributed by atoms with Crippen LogP contribution in [-0.4, -0.2) is 29.1 Å². The van der Waals surface area contributed by atoms with Crippen LogP contribution in [0.5, 0.6) is 0 Å². The SMILES string of the molecule is O=C1CN(O)C=N1. The van der Waals surface area contributed by atoms with Crippen molar-refractivity contribution in [1.82, 2.24) is 5.06 Å². The zero-order chi connectivity index (χ0) is 5.28. The molecule has 0 fully saturated rings. The highest BCUT2D eigenvalue weighted by atomic mass is 16.5. The number of nitrogens with zero attached hydrogens (tertiary/aromatic N) is 2. The smallest absolute Gasteiger partial charge is 0.269 e. The number of amides is 1. The average Bonchev–Trinajstić information content (AvgIpc) is 1.87. The van der Waals surface area contributed by atoms with Crippen molar-refractivity contribution in [3.63, 3.8) is 0 Å². The fourth-order valence-corrected chi connectivity index (χ4v) is 0.351. The zero-order valence-corrected chi connectivity index (χ0v) is 3.53. The van der Waals surface area contributed by atoms with E-state index in [1.165, 1.54) is 0 Å². The molecule has 0 saturated carbocycles. The summed E-state index contributed by atoms with van der Waals surface area (Å²) in [5.74, 6) is -0.303. The highest BCUT2D eigenvalue weighted by Crippen LogP contribution is 1.87. The van der Waals surface area contributed by atoms with Gasteiger partial charge < -0.3 is 0 Å². The van der Waals surface area contributed by atoms with Gasteiger partial charge in [0, 0.05) is 0 Å². The molecule has 0 spiro atoms. The minimum Gasteiger partial charge on any atom is -0.287 e. The molecule has 0 saturated heterocycles. The summed E-state index contributed by atoms with van der Waals surface area (Å²) in [6, 6.07) is 0. The molecule has 0 unspecified atom stereocenters. The van der Waals surface area contributed by atoms with Crippen LogP contribution in [0.15, 0.2) is 4.99 Å². The quantitative estimate of drug-likeness (QED) is 0.435. The lowest BCUT2D eigenvalue weighted by molar-refractivity contribution is -0.121. The molecule has 1 N–H and O–H groups in total. The largest absolute Gasteiger partial charge is 0.287 e. The summed E-state index contributed by atoms with van der Waals surface area (Å²) in [6.07, 6.45) is 1.09. The van der Waals surface area contributed by atoms with E-state index in [2.05, 4.69) is 4.99 Å². The second-order valence-corrected chi connectivity index (χ2v) is 1.24. The van der Waals surface area contributed by atoms with Crippen LogP contribution in [0.3, 0.4) is 0 Å². The first kappa shape index (κ1) is 4.26. The van der Waals surface area contributed by atoms with Gasteiger partial charge in [-0.15, -0.1) is 0 Å². The third-order valence-corrected chi connectivity index (χ3v) is 0.632. The van der Waals surface area contributed by atoms with Crippen molar-refractivity contribution in [1.29, 1.82) is 0 Å². The lowest BCUT2D eigenvalue weighted by atomic mass is 10.7. The van der Waals surface area contributed by atoms with E-state index in [1.54, 1.807) is 0 Å². The maximum atomic E-state index is 10.1. The highest BCUT2D eigenvalue weighted by Gasteiger charge is 2.08. The van der Waals surface area contributed by atoms with E-state index in [0.29, 0.717) is 0 Å². The van der Waals surface area contributed by atoms with E-state index in [1.807, 2.05) is 0 Å². The van der Waals surface area contributed by atoms with Crippen molar-refractivity contribution in [2.45, 2.75) is 0 Å². The van der Waals surface area contributed by atoms with Gasteiger partial charge in [-0.1, -0.05) is 0 Å². The van der Waals surface area contributed by atoms with Crippen LogP contribution in [0, 0.1) is 0 Å². The molecule has 0 radical (unpaired) electrons. The molecule has 4 nitrogen and oxygen atoms in total. The summed E-state index contributed by atoms with van der Waals surface area (Å²) in [7, 11) is 0. The van der Waals surface area contributed by atoms with Crippen LogP contribution in [0.4, 0.5) is 0 Å². The van der Waals surface area contributed by atoms with Crippen molar-refractivity contribution < 1.29 is 10.0 Å². The van der Waals surface area contributed by atoms with Crippen molar-refractivity contribution in [2.24, 2.45) is 4.99 Å². The Balaban J connectivity index is 2.58. The van der Waals surface area contributed by atoms with Gasteiger partial charge in [0.15, 0.2) is 0 Å². The molecule has 1 rings (SSSR count). The van der Waals surface area contributed by atoms with E-state index >= 15 is 0 Å². The van der Waals surface area contributed by atoms with Gasteiger partial charge in [-0.2, -0.15) is 4.99 Å². The molecule has 4 heteroatoms. The van der Waals surface area contributed by atoms with Gasteiger partial charge >= 0.3 is 0 Å². The molecule has 7 heavy (non-hydrogen) atoms. The van der Waals surface area contributed by atoms with Gasteiger partial charge in [0.25, 0.3) is 5.91 Å². The van der Waals surface area contributed by atoms with Gasteiger partial charge in [-0.3, -0.25) is 10.0 Å². The van der Waals surface area contributed by atoms with E-state index in [4.69, 9.17) is 5.21 Å². The predicted octanol–water partition coefficient (Wildman–Crippen LogP) is -0.754. The molecule has 0 atom stereocenters. The second-order valence-electron chi connectivity index (χ2n) is 1.24. The molecule has 1 aliphatic rings. The van der Waals surface area contributed by atoms with Crippen molar-refractivity contribution in [3.05, 3.63) is 0 Å². The molecule has 1 heterocycles. The molecule has 1 amide bonds. The Kier molecular flexibility index (Phi) is 0.796. The van der Waals surface area contributed by atoms with Crippen LogP contribution in [0.25, 0.3) is 0 Å². The van der Waals surface area contributed by atoms with Crippen LogP contribution in [0.1, 0.15) is 0 Å². The topological polar surface area (TPSA) is 52.9 Å². The summed E-state index contributed by atoms with van der Waals surface area (Å²) in [5.41, 5.74) is 0. The van der Waals surface area contributed by atoms with Gasteiger partial charge in [0.2, 0.25) is 0 Å². The predicted molar refractivity (Wildman–Crippen MR) is 22.0 cm³/mol. The average molecular weight is 100 g/mol. The number of rotatable bonds is 0. The van der Waals surface area contributed by atoms with Crippen molar-refractivity contribution in [3.8, 4) is 0 Å². The highest BCUT2D eigenvalue weighted by molar-refractivity contribution is 5.91. The number of carbonyl (C=O) groups is 1. The van der Waals surface area contributed by atoms with Crippen LogP contribution in [0.2, 0.25) is 0 Å². The normalized spacial score (nSPS) is 19.0. The maximum Gasteiger partial charge on any atom is 0.269 e. The molecule has 0 bridgehead atoms. The van der Waals surface area contributed by atoms with E-state index in [-0.39, 0.29) is 12.5 Å². The fraction of sp³-hybridized carbons (Fsp3) is 0.333. The first-order chi connectivity index (χ1) is 3.29. The van der Waals surface area contributed by atoms with Crippen LogP contribution in [-0.2, 0) is 4.79 Å². The van der Waals surface area contributed by atoms with Crippen LogP contribution >= 0.6 is 0 Å². The van der Waals surface area contributed by atoms with Crippen molar-refractivity contribution >= 4 is 12.2 Å². The molecule has 0 aromatic rings. The zero-order valence-electron chi connectivity index (χ0n) is 3.53. The molecule has 0 aromatic heterocycles. The Labute approximate surface area is 40.0 Å². The molecule has 38 valence electrons. The third kappa shape index (κ3) is 0.747. The van der Waals surface area contributed by atoms with Gasteiger partial charge in [0.1, 0.15) is 12.9 Å². The maximum absolute atomic E-state index is 10.1. The van der Waals surface area contributed by atoms with E-state index < -0.39 is 0 Å². The molecule has 0 aliphatic carbocycles. The Morgan fingerprint density at radius 3 is 2.86 bits per heavy atom. The first-order valence-electron chi connectivity index (χ1n) is 1.81. The van der Waals surface area contributed by atoms with Gasteiger partial charge in [-0.05, 0) is 0 Å². The monoisotopic (exact) mass is 100 g/mol. The lowest BCUT2D eigenvalue weighted by Crippen LogP contribution is -2.15. The summed E-state index contributed by atoms with van der Waals surface area (Å²) >= 11 is 0. The second kappa shape index (κ2) is 1.31. The summed E-state index contributed by atoms with van der Waals surface area (Å²) in [4.78, 5) is 13.3. The standard InChI is InChI=1S/C3H4N2O2/c6-3-1-5(7)2-4-3/h2,7H,1H2. The van der Waals surface area contributed by atoms with E-state index in [9.17, 15) is 4.79 Å². The number of hydroxylamine groups is 2. The number of carbonyl (C=O) groups excluding carboxylic acids is 1. The lowest BCUT2D eigenvalue weighted by Gasteiger charge is -1.96. The molecular weight excluding hydrogens is 96.0 g/mol. The molecule has 1 aliphatic heterocycles. The van der Waals surface area contributed by atoms with Crippen LogP contribution < -0.4 is 0 Å². The Morgan fingerprint density at radius 1 is 2.00 bits per heavy atom. The Morgan fingerprint density at radius 2 is 2.71 bits per heavy atom. The summed E-state index contributed by atoms with van der Waals surface area (Å²) in [6.45, 7) is -0.000000000000000222. The van der Waals surface area contributed by atoms with Gasteiger partial charge in [-0.25, -0.2) is 5.06 Å². The fourth-order valence-electron chi connectivity index (χ4n) is 0.351. The minimum absolute atomic E-state index is 0.000000000000000222. The number of hydrogen-bond donors (Lipinski definition) is 1. The van der Waals surface area contributed by atoms with E-state index in [0.717, 1.165) is 11.4 Å². The molecule has 0 aromatic carbocycles. The van der Waals surface area contributed by atoms with Gasteiger partial charge in [0.05, 0.1) is 0 Å². The number of hydrogen-bond acceptors (Lipinski definition) is 3.